The number of anilines is 1. The molecule has 0 spiro atoms. The summed E-state index contributed by atoms with van der Waals surface area (Å²) in [6.45, 7) is 0. The Balaban J connectivity index is 2.37. The molecule has 0 radical (unpaired) electrons. The van der Waals surface area contributed by atoms with E-state index in [-0.39, 0.29) is 5.82 Å². The maximum atomic E-state index is 12.8. The standard InChI is InChI=1S/C13H11ClFNO2S/c1-19(17,18)16-11-6-7-12(13(14)8-11)9-2-4-10(15)5-3-9/h2-8,16H,1H3. The van der Waals surface area contributed by atoms with Crippen molar-refractivity contribution in [1.29, 1.82) is 0 Å². The summed E-state index contributed by atoms with van der Waals surface area (Å²) in [6, 6.07) is 10.7. The summed E-state index contributed by atoms with van der Waals surface area (Å²) in [5, 5.41) is 0.389. The van der Waals surface area contributed by atoms with Crippen molar-refractivity contribution in [2.75, 3.05) is 11.0 Å². The quantitative estimate of drug-likeness (QED) is 0.942. The molecule has 0 unspecified atom stereocenters. The fourth-order valence-electron chi connectivity index (χ4n) is 1.66. The highest BCUT2D eigenvalue weighted by molar-refractivity contribution is 7.92. The summed E-state index contributed by atoms with van der Waals surface area (Å²) in [5.74, 6) is -0.324. The topological polar surface area (TPSA) is 46.2 Å². The van der Waals surface area contributed by atoms with Gasteiger partial charge in [-0.15, -0.1) is 0 Å². The predicted octanol–water partition coefficient (Wildman–Crippen LogP) is 3.52. The zero-order chi connectivity index (χ0) is 14.0. The van der Waals surface area contributed by atoms with E-state index in [2.05, 4.69) is 4.72 Å². The number of sulfonamides is 1. The van der Waals surface area contributed by atoms with Gasteiger partial charge in [-0.05, 0) is 29.8 Å². The molecule has 1 N–H and O–H groups in total. The van der Waals surface area contributed by atoms with E-state index in [9.17, 15) is 12.8 Å². The first-order chi connectivity index (χ1) is 8.85. The Labute approximate surface area is 116 Å². The highest BCUT2D eigenvalue weighted by Crippen LogP contribution is 2.30. The number of nitrogens with one attached hydrogen (secondary N) is 1. The largest absolute Gasteiger partial charge is 0.284 e. The van der Waals surface area contributed by atoms with Crippen LogP contribution in [0.5, 0.6) is 0 Å². The van der Waals surface area contributed by atoms with Crippen LogP contribution >= 0.6 is 11.6 Å². The molecule has 0 saturated heterocycles. The normalized spacial score (nSPS) is 11.3. The fraction of sp³-hybridized carbons (Fsp3) is 0.0769. The molecular weight excluding hydrogens is 289 g/mol. The van der Waals surface area contributed by atoms with E-state index in [1.165, 1.54) is 18.2 Å². The Kier molecular flexibility index (Phi) is 3.78. The summed E-state index contributed by atoms with van der Waals surface area (Å²) < 4.78 is 37.4. The molecular formula is C13H11ClFNO2S. The van der Waals surface area contributed by atoms with Crippen LogP contribution in [0, 0.1) is 5.82 Å². The molecule has 2 aromatic rings. The molecule has 0 aliphatic rings. The first-order valence-electron chi connectivity index (χ1n) is 5.38. The minimum Gasteiger partial charge on any atom is -0.284 e. The molecule has 0 aromatic heterocycles. The van der Waals surface area contributed by atoms with Crippen LogP contribution in [0.4, 0.5) is 10.1 Å². The van der Waals surface area contributed by atoms with E-state index in [0.717, 1.165) is 11.8 Å². The van der Waals surface area contributed by atoms with Crippen LogP contribution in [0.2, 0.25) is 5.02 Å². The van der Waals surface area contributed by atoms with Crippen LogP contribution in [0.3, 0.4) is 0 Å². The summed E-state index contributed by atoms with van der Waals surface area (Å²) in [6.07, 6.45) is 1.06. The second kappa shape index (κ2) is 5.19. The second-order valence-electron chi connectivity index (χ2n) is 4.08. The number of hydrogen-bond acceptors (Lipinski definition) is 2. The highest BCUT2D eigenvalue weighted by Gasteiger charge is 2.07. The Bertz CT molecular complexity index is 699. The average molecular weight is 300 g/mol. The van der Waals surface area contributed by atoms with E-state index >= 15 is 0 Å². The highest BCUT2D eigenvalue weighted by atomic mass is 35.5. The van der Waals surface area contributed by atoms with Gasteiger partial charge in [0, 0.05) is 11.3 Å². The predicted molar refractivity (Wildman–Crippen MR) is 75.3 cm³/mol. The number of halogens is 2. The molecule has 0 aliphatic heterocycles. The zero-order valence-corrected chi connectivity index (χ0v) is 11.6. The molecule has 3 nitrogen and oxygen atoms in total. The van der Waals surface area contributed by atoms with Crippen LogP contribution in [0.1, 0.15) is 0 Å². The third-order valence-electron chi connectivity index (χ3n) is 2.43. The van der Waals surface area contributed by atoms with E-state index < -0.39 is 10.0 Å². The maximum Gasteiger partial charge on any atom is 0.229 e. The van der Waals surface area contributed by atoms with Crippen molar-refractivity contribution in [3.8, 4) is 11.1 Å². The molecule has 6 heteroatoms. The van der Waals surface area contributed by atoms with Gasteiger partial charge < -0.3 is 0 Å². The zero-order valence-electron chi connectivity index (χ0n) is 10.0. The van der Waals surface area contributed by atoms with Gasteiger partial charge in [-0.25, -0.2) is 12.8 Å². The van der Waals surface area contributed by atoms with E-state index in [0.29, 0.717) is 16.3 Å². The lowest BCUT2D eigenvalue weighted by Crippen LogP contribution is -2.09. The van der Waals surface area contributed by atoms with Gasteiger partial charge in [0.15, 0.2) is 0 Å². The molecule has 0 bridgehead atoms. The van der Waals surface area contributed by atoms with Crippen molar-refractivity contribution in [3.63, 3.8) is 0 Å². The van der Waals surface area contributed by atoms with Gasteiger partial charge in [0.1, 0.15) is 5.82 Å². The van der Waals surface area contributed by atoms with Crippen molar-refractivity contribution in [1.82, 2.24) is 0 Å². The molecule has 2 rings (SSSR count). The monoisotopic (exact) mass is 299 g/mol. The fourth-order valence-corrected chi connectivity index (χ4v) is 2.50. The van der Waals surface area contributed by atoms with Crippen molar-refractivity contribution in [2.45, 2.75) is 0 Å². The lowest BCUT2D eigenvalue weighted by Gasteiger charge is -2.08. The van der Waals surface area contributed by atoms with Crippen molar-refractivity contribution < 1.29 is 12.8 Å². The van der Waals surface area contributed by atoms with Gasteiger partial charge >= 0.3 is 0 Å². The van der Waals surface area contributed by atoms with Crippen molar-refractivity contribution in [3.05, 3.63) is 53.3 Å². The molecule has 0 atom stereocenters. The van der Waals surface area contributed by atoms with E-state index in [4.69, 9.17) is 11.6 Å². The van der Waals surface area contributed by atoms with Crippen LogP contribution in [0.25, 0.3) is 11.1 Å². The number of rotatable bonds is 3. The average Bonchev–Trinajstić information content (AvgIpc) is 2.29. The minimum atomic E-state index is -3.34. The summed E-state index contributed by atoms with van der Waals surface area (Å²) in [7, 11) is -3.34. The third kappa shape index (κ3) is 3.68. The lowest BCUT2D eigenvalue weighted by atomic mass is 10.1. The lowest BCUT2D eigenvalue weighted by molar-refractivity contribution is 0.607. The molecule has 0 saturated carbocycles. The molecule has 100 valence electrons. The van der Waals surface area contributed by atoms with Gasteiger partial charge in [-0.2, -0.15) is 0 Å². The second-order valence-corrected chi connectivity index (χ2v) is 6.23. The van der Waals surface area contributed by atoms with Crippen LogP contribution in [-0.4, -0.2) is 14.7 Å². The van der Waals surface area contributed by atoms with Crippen LogP contribution in [0.15, 0.2) is 42.5 Å². The van der Waals surface area contributed by atoms with Gasteiger partial charge in [0.05, 0.1) is 11.3 Å². The molecule has 19 heavy (non-hydrogen) atoms. The molecule has 0 heterocycles. The van der Waals surface area contributed by atoms with E-state index in [1.807, 2.05) is 0 Å². The van der Waals surface area contributed by atoms with Gasteiger partial charge in [0.2, 0.25) is 10.0 Å². The van der Waals surface area contributed by atoms with Gasteiger partial charge in [-0.3, -0.25) is 4.72 Å². The number of benzene rings is 2. The Morgan fingerprint density at radius 3 is 2.26 bits per heavy atom. The van der Waals surface area contributed by atoms with Gasteiger partial charge in [0.25, 0.3) is 0 Å². The molecule has 0 fully saturated rings. The van der Waals surface area contributed by atoms with Crippen molar-refractivity contribution in [2.24, 2.45) is 0 Å². The molecule has 2 aromatic carbocycles. The van der Waals surface area contributed by atoms with E-state index in [1.54, 1.807) is 24.3 Å². The summed E-state index contributed by atoms with van der Waals surface area (Å²) in [4.78, 5) is 0. The molecule has 0 aliphatic carbocycles. The van der Waals surface area contributed by atoms with Crippen molar-refractivity contribution >= 4 is 27.3 Å². The van der Waals surface area contributed by atoms with Crippen LogP contribution < -0.4 is 4.72 Å². The Morgan fingerprint density at radius 1 is 1.11 bits per heavy atom. The van der Waals surface area contributed by atoms with Gasteiger partial charge in [-0.1, -0.05) is 29.8 Å². The summed E-state index contributed by atoms with van der Waals surface area (Å²) in [5.41, 5.74) is 1.86. The molecule has 0 amide bonds. The Hall–Kier alpha value is -1.59. The first-order valence-corrected chi connectivity index (χ1v) is 7.65. The van der Waals surface area contributed by atoms with Crippen LogP contribution in [-0.2, 0) is 10.0 Å². The SMILES string of the molecule is CS(=O)(=O)Nc1ccc(-c2ccc(F)cc2)c(Cl)c1. The Morgan fingerprint density at radius 2 is 1.74 bits per heavy atom. The maximum absolute atomic E-state index is 12.8. The first kappa shape index (κ1) is 13.8. The number of hydrogen-bond donors (Lipinski definition) is 1. The smallest absolute Gasteiger partial charge is 0.229 e. The third-order valence-corrected chi connectivity index (χ3v) is 3.35. The summed E-state index contributed by atoms with van der Waals surface area (Å²) >= 11 is 6.10. The minimum absolute atomic E-state index is 0.324.